The molecule has 1 heterocycles. The molecule has 5 heteroatoms. The van der Waals surface area contributed by atoms with E-state index in [9.17, 15) is 9.59 Å². The van der Waals surface area contributed by atoms with Crippen molar-refractivity contribution in [3.8, 4) is 0 Å². The molecule has 0 aliphatic carbocycles. The Hall–Kier alpha value is -2.14. The Kier molecular flexibility index (Phi) is 4.53. The fourth-order valence-electron chi connectivity index (χ4n) is 2.13. The Morgan fingerprint density at radius 1 is 1.15 bits per heavy atom. The van der Waals surface area contributed by atoms with E-state index in [0.717, 1.165) is 5.56 Å². The normalized spacial score (nSPS) is 10.7. The van der Waals surface area contributed by atoms with Crippen molar-refractivity contribution < 1.29 is 4.74 Å². The zero-order valence-corrected chi connectivity index (χ0v) is 11.7. The molecular weight excluding hydrogens is 256 g/mol. The van der Waals surface area contributed by atoms with E-state index >= 15 is 0 Å². The van der Waals surface area contributed by atoms with Crippen LogP contribution in [0.15, 0.2) is 40.1 Å². The van der Waals surface area contributed by atoms with Crippen LogP contribution in [0.2, 0.25) is 0 Å². The third-order valence-electron chi connectivity index (χ3n) is 2.92. The van der Waals surface area contributed by atoms with Gasteiger partial charge in [0.25, 0.3) is 5.56 Å². The number of H-pyrrole nitrogens is 1. The summed E-state index contributed by atoms with van der Waals surface area (Å²) >= 11 is 0. The molecule has 0 atom stereocenters. The second kappa shape index (κ2) is 6.34. The summed E-state index contributed by atoms with van der Waals surface area (Å²) in [6.45, 7) is 5.45. The van der Waals surface area contributed by atoms with Gasteiger partial charge in [0.05, 0.1) is 19.8 Å². The average molecular weight is 274 g/mol. The summed E-state index contributed by atoms with van der Waals surface area (Å²) in [5.41, 5.74) is 2.74. The fourth-order valence-corrected chi connectivity index (χ4v) is 2.13. The summed E-state index contributed by atoms with van der Waals surface area (Å²) in [7, 11) is 0. The number of hydrogen-bond donors (Lipinski definition) is 1. The molecule has 1 aromatic heterocycles. The summed E-state index contributed by atoms with van der Waals surface area (Å²) < 4.78 is 6.99. The zero-order valence-electron chi connectivity index (χ0n) is 11.7. The number of rotatable bonds is 5. The molecule has 0 aliphatic rings. The lowest BCUT2D eigenvalue weighted by atomic mass is 10.1. The second-order valence-corrected chi connectivity index (χ2v) is 4.85. The molecule has 0 radical (unpaired) electrons. The number of ether oxygens (including phenoxy) is 1. The predicted octanol–water partition coefficient (Wildman–Crippen LogP) is 1.37. The molecule has 1 aromatic carbocycles. The standard InChI is InChI=1S/C15H18N2O3/c1-11-7-12(2)9-13(8-11)10-20-6-5-17-4-3-14(18)16-15(17)19/h3-4,7-9H,5-6,10H2,1-2H3,(H,16,18,19). The van der Waals surface area contributed by atoms with E-state index in [1.165, 1.54) is 28.0 Å². The smallest absolute Gasteiger partial charge is 0.328 e. The highest BCUT2D eigenvalue weighted by Gasteiger charge is 1.99. The quantitative estimate of drug-likeness (QED) is 0.838. The lowest BCUT2D eigenvalue weighted by Crippen LogP contribution is -2.29. The Labute approximate surface area is 116 Å². The van der Waals surface area contributed by atoms with Crippen LogP contribution in [0.3, 0.4) is 0 Å². The van der Waals surface area contributed by atoms with Gasteiger partial charge in [0, 0.05) is 12.3 Å². The lowest BCUT2D eigenvalue weighted by Gasteiger charge is -2.08. The Balaban J connectivity index is 1.87. The van der Waals surface area contributed by atoms with Gasteiger partial charge in [0.2, 0.25) is 0 Å². The Morgan fingerprint density at radius 2 is 1.85 bits per heavy atom. The molecular formula is C15H18N2O3. The van der Waals surface area contributed by atoms with Gasteiger partial charge < -0.3 is 4.74 Å². The molecule has 0 unspecified atom stereocenters. The summed E-state index contributed by atoms with van der Waals surface area (Å²) in [4.78, 5) is 24.6. The topological polar surface area (TPSA) is 64.1 Å². The summed E-state index contributed by atoms with van der Waals surface area (Å²) in [5, 5.41) is 0. The van der Waals surface area contributed by atoms with Crippen LogP contribution in [0.4, 0.5) is 0 Å². The fraction of sp³-hybridized carbons (Fsp3) is 0.333. The second-order valence-electron chi connectivity index (χ2n) is 4.85. The van der Waals surface area contributed by atoms with Crippen LogP contribution in [-0.2, 0) is 17.9 Å². The first-order valence-corrected chi connectivity index (χ1v) is 6.49. The van der Waals surface area contributed by atoms with Gasteiger partial charge in [-0.15, -0.1) is 0 Å². The summed E-state index contributed by atoms with van der Waals surface area (Å²) in [5.74, 6) is 0. The Morgan fingerprint density at radius 3 is 2.50 bits per heavy atom. The lowest BCUT2D eigenvalue weighted by molar-refractivity contribution is 0.112. The van der Waals surface area contributed by atoms with Crippen molar-refractivity contribution in [1.82, 2.24) is 9.55 Å². The number of aromatic nitrogens is 2. The molecule has 5 nitrogen and oxygen atoms in total. The van der Waals surface area contributed by atoms with Crippen LogP contribution in [0.1, 0.15) is 16.7 Å². The number of hydrogen-bond acceptors (Lipinski definition) is 3. The maximum absolute atomic E-state index is 11.4. The van der Waals surface area contributed by atoms with Gasteiger partial charge in [-0.05, 0) is 19.4 Å². The molecule has 0 saturated carbocycles. The minimum atomic E-state index is -0.410. The number of aryl methyl sites for hydroxylation is 2. The maximum atomic E-state index is 11.4. The third kappa shape index (κ3) is 3.93. The number of nitrogens with one attached hydrogen (secondary N) is 1. The van der Waals surface area contributed by atoms with Crippen molar-refractivity contribution in [3.63, 3.8) is 0 Å². The van der Waals surface area contributed by atoms with Crippen LogP contribution in [-0.4, -0.2) is 16.2 Å². The highest BCUT2D eigenvalue weighted by Crippen LogP contribution is 2.09. The van der Waals surface area contributed by atoms with Crippen LogP contribution in [0.25, 0.3) is 0 Å². The highest BCUT2D eigenvalue weighted by molar-refractivity contribution is 5.27. The zero-order chi connectivity index (χ0) is 14.5. The predicted molar refractivity (Wildman–Crippen MR) is 76.9 cm³/mol. The third-order valence-corrected chi connectivity index (χ3v) is 2.92. The van der Waals surface area contributed by atoms with Crippen molar-refractivity contribution in [1.29, 1.82) is 0 Å². The largest absolute Gasteiger partial charge is 0.375 e. The van der Waals surface area contributed by atoms with Crippen LogP contribution >= 0.6 is 0 Å². The molecule has 1 N–H and O–H groups in total. The molecule has 0 aliphatic heterocycles. The van der Waals surface area contributed by atoms with Gasteiger partial charge in [-0.2, -0.15) is 0 Å². The van der Waals surface area contributed by atoms with E-state index in [2.05, 4.69) is 37.0 Å². The number of aromatic amines is 1. The molecule has 0 saturated heterocycles. The summed E-state index contributed by atoms with van der Waals surface area (Å²) in [6.07, 6.45) is 1.47. The van der Waals surface area contributed by atoms with E-state index in [-0.39, 0.29) is 5.56 Å². The highest BCUT2D eigenvalue weighted by atomic mass is 16.5. The molecule has 2 rings (SSSR count). The van der Waals surface area contributed by atoms with E-state index < -0.39 is 5.69 Å². The van der Waals surface area contributed by atoms with E-state index in [0.29, 0.717) is 19.8 Å². The first kappa shape index (κ1) is 14.3. The van der Waals surface area contributed by atoms with Crippen LogP contribution < -0.4 is 11.2 Å². The van der Waals surface area contributed by atoms with Gasteiger partial charge in [0.1, 0.15) is 0 Å². The molecule has 0 amide bonds. The molecule has 106 valence electrons. The van der Waals surface area contributed by atoms with Crippen molar-refractivity contribution in [2.24, 2.45) is 0 Å². The van der Waals surface area contributed by atoms with Gasteiger partial charge in [0.15, 0.2) is 0 Å². The van der Waals surface area contributed by atoms with Crippen molar-refractivity contribution >= 4 is 0 Å². The van der Waals surface area contributed by atoms with Gasteiger partial charge in [-0.3, -0.25) is 14.3 Å². The van der Waals surface area contributed by atoms with E-state index in [1.807, 2.05) is 0 Å². The van der Waals surface area contributed by atoms with Crippen molar-refractivity contribution in [2.45, 2.75) is 27.0 Å². The average Bonchev–Trinajstić information content (AvgIpc) is 2.35. The summed E-state index contributed by atoms with van der Waals surface area (Å²) in [6, 6.07) is 7.60. The van der Waals surface area contributed by atoms with Crippen molar-refractivity contribution in [2.75, 3.05) is 6.61 Å². The molecule has 0 spiro atoms. The van der Waals surface area contributed by atoms with Crippen LogP contribution in [0.5, 0.6) is 0 Å². The SMILES string of the molecule is Cc1cc(C)cc(COCCn2ccc(=O)[nH]c2=O)c1. The van der Waals surface area contributed by atoms with E-state index in [1.54, 1.807) is 0 Å². The minimum absolute atomic E-state index is 0.387. The maximum Gasteiger partial charge on any atom is 0.328 e. The molecule has 2 aromatic rings. The van der Waals surface area contributed by atoms with Crippen LogP contribution in [0, 0.1) is 13.8 Å². The minimum Gasteiger partial charge on any atom is -0.375 e. The number of nitrogens with zero attached hydrogens (tertiary/aromatic N) is 1. The molecule has 0 bridgehead atoms. The first-order chi connectivity index (χ1) is 9.54. The monoisotopic (exact) mass is 274 g/mol. The van der Waals surface area contributed by atoms with Gasteiger partial charge in [-0.25, -0.2) is 4.79 Å². The van der Waals surface area contributed by atoms with Gasteiger partial charge >= 0.3 is 5.69 Å². The molecule has 20 heavy (non-hydrogen) atoms. The van der Waals surface area contributed by atoms with Crippen molar-refractivity contribution in [3.05, 3.63) is 68.0 Å². The van der Waals surface area contributed by atoms with Gasteiger partial charge in [-0.1, -0.05) is 29.3 Å². The molecule has 0 fully saturated rings. The Bertz CT molecular complexity index is 681. The van der Waals surface area contributed by atoms with E-state index in [4.69, 9.17) is 4.74 Å². The first-order valence-electron chi connectivity index (χ1n) is 6.49. The number of benzene rings is 1.